The molecule has 0 aliphatic carbocycles. The molecule has 12 aromatic rings. The number of nitrogens with zero attached hydrogens (tertiary/aromatic N) is 6. The van der Waals surface area contributed by atoms with Crippen molar-refractivity contribution >= 4 is 21.8 Å². The van der Waals surface area contributed by atoms with Gasteiger partial charge in [0.05, 0.1) is 28.1 Å². The molecule has 0 amide bonds. The number of aromatic nitrogens is 6. The van der Waals surface area contributed by atoms with Crippen LogP contribution in [0.4, 0.5) is 0 Å². The lowest BCUT2D eigenvalue weighted by atomic mass is 9.99. The number of fused-ring (bicyclic) bond motifs is 3. The second-order valence-corrected chi connectivity index (χ2v) is 17.5. The Morgan fingerprint density at radius 3 is 1.14 bits per heavy atom. The minimum absolute atomic E-state index is 0.544. The zero-order chi connectivity index (χ0) is 46.3. The summed E-state index contributed by atoms with van der Waals surface area (Å²) in [5, 5.41) is 2.30. The van der Waals surface area contributed by atoms with Crippen molar-refractivity contribution in [2.75, 3.05) is 0 Å². The summed E-state index contributed by atoms with van der Waals surface area (Å²) in [6, 6.07) is 80.5. The van der Waals surface area contributed by atoms with E-state index in [0.29, 0.717) is 23.3 Å². The first-order valence-corrected chi connectivity index (χ1v) is 23.2. The molecule has 0 spiro atoms. The molecule has 0 saturated carbocycles. The Balaban J connectivity index is 1.15. The molecule has 0 atom stereocenters. The molecular weight excluding hydrogens is 841 g/mol. The molecule has 0 N–H and O–H groups in total. The zero-order valence-corrected chi connectivity index (χ0v) is 38.1. The smallest absolute Gasteiger partial charge is 0.166 e. The van der Waals surface area contributed by atoms with Gasteiger partial charge in [-0.25, -0.2) is 24.9 Å². The van der Waals surface area contributed by atoms with Gasteiger partial charge in [-0.3, -0.25) is 0 Å². The fourth-order valence-corrected chi connectivity index (χ4v) is 9.36. The van der Waals surface area contributed by atoms with E-state index < -0.39 is 0 Å². The van der Waals surface area contributed by atoms with Crippen molar-refractivity contribution < 1.29 is 0 Å². The van der Waals surface area contributed by atoms with Gasteiger partial charge in [-0.2, -0.15) is 0 Å². The Hall–Kier alpha value is -9.13. The van der Waals surface area contributed by atoms with Gasteiger partial charge in [0.25, 0.3) is 0 Å². The van der Waals surface area contributed by atoms with Crippen molar-refractivity contribution in [3.63, 3.8) is 0 Å². The molecule has 6 nitrogen and oxygen atoms in total. The van der Waals surface area contributed by atoms with Crippen LogP contribution < -0.4 is 0 Å². The third kappa shape index (κ3) is 8.04. The van der Waals surface area contributed by atoms with E-state index >= 15 is 0 Å². The minimum Gasteiger partial charge on any atom is -0.308 e. The Morgan fingerprint density at radius 2 is 0.667 bits per heavy atom. The van der Waals surface area contributed by atoms with E-state index in [1.54, 1.807) is 0 Å². The van der Waals surface area contributed by atoms with E-state index in [9.17, 15) is 0 Å². The third-order valence-corrected chi connectivity index (χ3v) is 12.8. The highest BCUT2D eigenvalue weighted by atomic mass is 15.1. The summed E-state index contributed by atoms with van der Waals surface area (Å²) in [5.41, 5.74) is 17.3. The number of hydrogen-bond acceptors (Lipinski definition) is 5. The van der Waals surface area contributed by atoms with Gasteiger partial charge in [-0.15, -0.1) is 0 Å². The Bertz CT molecular complexity index is 3630. The van der Waals surface area contributed by atoms with E-state index in [-0.39, 0.29) is 0 Å². The second-order valence-electron chi connectivity index (χ2n) is 17.5. The van der Waals surface area contributed by atoms with E-state index in [2.05, 4.69) is 152 Å². The molecule has 3 heterocycles. The predicted molar refractivity (Wildman–Crippen MR) is 283 cm³/mol. The molecule has 69 heavy (non-hydrogen) atoms. The molecule has 0 unspecified atom stereocenters. The van der Waals surface area contributed by atoms with Gasteiger partial charge in [0, 0.05) is 44.2 Å². The number of rotatable bonds is 9. The monoisotopic (exact) mass is 884 g/mol. The summed E-state index contributed by atoms with van der Waals surface area (Å²) in [4.78, 5) is 26.2. The van der Waals surface area contributed by atoms with Crippen LogP contribution in [0.25, 0.3) is 118 Å². The third-order valence-electron chi connectivity index (χ3n) is 12.8. The lowest BCUT2D eigenvalue weighted by Gasteiger charge is -2.17. The molecule has 0 aliphatic heterocycles. The van der Waals surface area contributed by atoms with Gasteiger partial charge in [-0.1, -0.05) is 199 Å². The highest BCUT2D eigenvalue weighted by molar-refractivity contribution is 6.12. The normalized spacial score (nSPS) is 11.3. The predicted octanol–water partition coefficient (Wildman–Crippen LogP) is 15.7. The fourth-order valence-electron chi connectivity index (χ4n) is 9.36. The average Bonchev–Trinajstić information content (AvgIpc) is 3.74. The van der Waals surface area contributed by atoms with Crippen LogP contribution in [0.2, 0.25) is 0 Å². The molecule has 6 heteroatoms. The molecule has 3 aromatic heterocycles. The van der Waals surface area contributed by atoms with Crippen molar-refractivity contribution in [1.29, 1.82) is 0 Å². The molecule has 0 bridgehead atoms. The SMILES string of the molecule is Cc1cccc(-c2ccc3c(c2)c2cc(-c4cccc(C)c4)ccc2n3-c2ccc(-c3cc(-c4ccccc4)nc(-c4ccccc4)n3)cc2-c2nc(-c3ccccc3)nc(-c3ccccc3)n2)c1. The van der Waals surface area contributed by atoms with Gasteiger partial charge < -0.3 is 4.57 Å². The van der Waals surface area contributed by atoms with Gasteiger partial charge in [0.15, 0.2) is 23.3 Å². The van der Waals surface area contributed by atoms with Crippen LogP contribution in [0.3, 0.4) is 0 Å². The van der Waals surface area contributed by atoms with E-state index in [1.165, 1.54) is 22.3 Å². The van der Waals surface area contributed by atoms with Gasteiger partial charge in [0.1, 0.15) is 0 Å². The van der Waals surface area contributed by atoms with E-state index in [0.717, 1.165) is 83.4 Å². The maximum Gasteiger partial charge on any atom is 0.166 e. The number of benzene rings is 9. The molecule has 0 saturated heterocycles. The Labute approximate surface area is 401 Å². The van der Waals surface area contributed by atoms with Crippen molar-refractivity contribution in [3.8, 4) is 96.0 Å². The first kappa shape index (κ1) is 41.3. The average molecular weight is 885 g/mol. The van der Waals surface area contributed by atoms with Gasteiger partial charge in [0.2, 0.25) is 0 Å². The largest absolute Gasteiger partial charge is 0.308 e. The van der Waals surface area contributed by atoms with E-state index in [4.69, 9.17) is 24.9 Å². The maximum absolute atomic E-state index is 5.35. The summed E-state index contributed by atoms with van der Waals surface area (Å²) < 4.78 is 2.38. The molecule has 0 fully saturated rings. The highest BCUT2D eigenvalue weighted by Gasteiger charge is 2.22. The standard InChI is InChI=1S/C63H44N6/c1-41-17-15-27-47(35-41)49-29-32-57-52(37-49)53-38-50(48-28-16-18-42(2)36-48)30-33-58(53)69(57)59-34-31-51(56-40-55(43-19-7-3-8-20-43)64-60(65-56)44-21-9-4-10-22-44)39-54(59)63-67-61(45-23-11-5-12-24-45)66-62(68-63)46-25-13-6-14-26-46/h3-40H,1-2H3. The Morgan fingerprint density at radius 1 is 0.275 bits per heavy atom. The minimum atomic E-state index is 0.544. The summed E-state index contributed by atoms with van der Waals surface area (Å²) >= 11 is 0. The van der Waals surface area contributed by atoms with Gasteiger partial charge in [-0.05, 0) is 78.6 Å². The van der Waals surface area contributed by atoms with Crippen LogP contribution in [-0.4, -0.2) is 29.5 Å². The summed E-state index contributed by atoms with van der Waals surface area (Å²) in [6.45, 7) is 4.29. The lowest BCUT2D eigenvalue weighted by Crippen LogP contribution is -2.04. The van der Waals surface area contributed by atoms with E-state index in [1.807, 2.05) is 97.1 Å². The summed E-state index contributed by atoms with van der Waals surface area (Å²) in [7, 11) is 0. The van der Waals surface area contributed by atoms with Crippen LogP contribution >= 0.6 is 0 Å². The Kier molecular flexibility index (Phi) is 10.5. The van der Waals surface area contributed by atoms with Crippen LogP contribution in [0.1, 0.15) is 11.1 Å². The maximum atomic E-state index is 5.35. The number of hydrogen-bond donors (Lipinski definition) is 0. The summed E-state index contributed by atoms with van der Waals surface area (Å²) in [5.74, 6) is 2.36. The first-order chi connectivity index (χ1) is 34.0. The number of aryl methyl sites for hydroxylation is 2. The van der Waals surface area contributed by atoms with Crippen molar-refractivity contribution in [2.45, 2.75) is 13.8 Å². The molecular formula is C63H44N6. The molecule has 9 aromatic carbocycles. The van der Waals surface area contributed by atoms with Crippen LogP contribution in [0, 0.1) is 13.8 Å². The quantitative estimate of drug-likeness (QED) is 0.144. The molecule has 326 valence electrons. The molecule has 0 radical (unpaired) electrons. The zero-order valence-electron chi connectivity index (χ0n) is 38.1. The topological polar surface area (TPSA) is 69.4 Å². The highest BCUT2D eigenvalue weighted by Crippen LogP contribution is 2.41. The van der Waals surface area contributed by atoms with Crippen LogP contribution in [0.5, 0.6) is 0 Å². The van der Waals surface area contributed by atoms with Crippen LogP contribution in [0.15, 0.2) is 231 Å². The molecule has 12 rings (SSSR count). The van der Waals surface area contributed by atoms with Crippen molar-refractivity contribution in [3.05, 3.63) is 242 Å². The molecule has 0 aliphatic rings. The second kappa shape index (κ2) is 17.6. The summed E-state index contributed by atoms with van der Waals surface area (Å²) in [6.07, 6.45) is 0. The first-order valence-electron chi connectivity index (χ1n) is 23.2. The van der Waals surface area contributed by atoms with Crippen LogP contribution in [-0.2, 0) is 0 Å². The lowest BCUT2D eigenvalue weighted by molar-refractivity contribution is 1.06. The van der Waals surface area contributed by atoms with Crippen molar-refractivity contribution in [2.24, 2.45) is 0 Å². The fraction of sp³-hybridized carbons (Fsp3) is 0.0317. The van der Waals surface area contributed by atoms with Gasteiger partial charge >= 0.3 is 0 Å². The van der Waals surface area contributed by atoms with Crippen molar-refractivity contribution in [1.82, 2.24) is 29.5 Å².